The molecule has 0 spiro atoms. The lowest BCUT2D eigenvalue weighted by Crippen LogP contribution is -2.35. The Morgan fingerprint density at radius 3 is 2.79 bits per heavy atom. The number of hydrogen-bond acceptors (Lipinski definition) is 5. The van der Waals surface area contributed by atoms with Gasteiger partial charge in [-0.3, -0.25) is 10.1 Å². The average Bonchev–Trinajstić information content (AvgIpc) is 2.35. The van der Waals surface area contributed by atoms with Crippen LogP contribution in [0.4, 0.5) is 11.5 Å². The lowest BCUT2D eigenvalue weighted by molar-refractivity contribution is -0.384. The van der Waals surface area contributed by atoms with E-state index in [4.69, 9.17) is 16.7 Å². The molecule has 0 aliphatic rings. The van der Waals surface area contributed by atoms with Crippen molar-refractivity contribution in [2.45, 2.75) is 26.3 Å². The molecule has 0 saturated heterocycles. The van der Waals surface area contributed by atoms with Crippen LogP contribution in [0.3, 0.4) is 0 Å². The minimum Gasteiger partial charge on any atom is -0.480 e. The largest absolute Gasteiger partial charge is 0.480 e. The number of carboxylic acids is 1. The maximum absolute atomic E-state index is 11.2. The van der Waals surface area contributed by atoms with Gasteiger partial charge in [0.25, 0.3) is 0 Å². The molecule has 0 unspecified atom stereocenters. The molecular weight excluding hydrogens is 274 g/mol. The molecule has 0 aromatic carbocycles. The van der Waals surface area contributed by atoms with E-state index >= 15 is 0 Å². The van der Waals surface area contributed by atoms with Gasteiger partial charge >= 0.3 is 11.7 Å². The van der Waals surface area contributed by atoms with Crippen LogP contribution < -0.4 is 5.32 Å². The Morgan fingerprint density at radius 2 is 2.32 bits per heavy atom. The Kier molecular flexibility index (Phi) is 5.05. The molecule has 1 aromatic heterocycles. The second kappa shape index (κ2) is 6.33. The van der Waals surface area contributed by atoms with E-state index in [0.29, 0.717) is 6.42 Å². The molecule has 2 N–H and O–H groups in total. The number of anilines is 1. The number of carboxylic acid groups (broad SMARTS) is 1. The van der Waals surface area contributed by atoms with Gasteiger partial charge in [0.1, 0.15) is 6.04 Å². The van der Waals surface area contributed by atoms with Crippen LogP contribution in [0.5, 0.6) is 0 Å². The molecule has 19 heavy (non-hydrogen) atoms. The number of aromatic nitrogens is 1. The first-order valence-corrected chi connectivity index (χ1v) is 6.03. The van der Waals surface area contributed by atoms with Gasteiger partial charge in [0.15, 0.2) is 0 Å². The van der Waals surface area contributed by atoms with Crippen molar-refractivity contribution in [3.63, 3.8) is 0 Å². The highest BCUT2D eigenvalue weighted by Crippen LogP contribution is 2.26. The molecule has 1 heterocycles. The van der Waals surface area contributed by atoms with Crippen LogP contribution in [0.15, 0.2) is 12.3 Å². The number of halogens is 1. The van der Waals surface area contributed by atoms with Gasteiger partial charge in [-0.15, -0.1) is 0 Å². The van der Waals surface area contributed by atoms with E-state index in [-0.39, 0.29) is 22.4 Å². The van der Waals surface area contributed by atoms with E-state index in [1.165, 1.54) is 6.20 Å². The number of nitrogens with one attached hydrogen (secondary N) is 1. The van der Waals surface area contributed by atoms with Gasteiger partial charge in [0.2, 0.25) is 5.82 Å². The normalized spacial score (nSPS) is 13.6. The summed E-state index contributed by atoms with van der Waals surface area (Å²) in [5, 5.41) is 22.7. The zero-order valence-corrected chi connectivity index (χ0v) is 11.2. The molecule has 1 aromatic rings. The fourth-order valence-electron chi connectivity index (χ4n) is 1.51. The average molecular weight is 288 g/mol. The van der Waals surface area contributed by atoms with Crippen molar-refractivity contribution in [1.29, 1.82) is 0 Å². The summed E-state index contributed by atoms with van der Waals surface area (Å²) in [5.41, 5.74) is -0.345. The highest BCUT2D eigenvalue weighted by molar-refractivity contribution is 6.30. The molecule has 104 valence electrons. The molecule has 0 aliphatic heterocycles. The number of hydrogen-bond donors (Lipinski definition) is 2. The summed E-state index contributed by atoms with van der Waals surface area (Å²) in [6.07, 6.45) is 1.85. The van der Waals surface area contributed by atoms with Gasteiger partial charge in [0, 0.05) is 12.3 Å². The minimum atomic E-state index is -1.08. The first-order valence-electron chi connectivity index (χ1n) is 5.66. The maximum Gasteiger partial charge on any atom is 0.326 e. The van der Waals surface area contributed by atoms with Crippen LogP contribution in [0.25, 0.3) is 0 Å². The lowest BCUT2D eigenvalue weighted by Gasteiger charge is -2.20. The summed E-state index contributed by atoms with van der Waals surface area (Å²) in [6.45, 7) is 3.58. The van der Waals surface area contributed by atoms with Gasteiger partial charge in [-0.05, 0) is 5.92 Å². The lowest BCUT2D eigenvalue weighted by atomic mass is 9.99. The van der Waals surface area contributed by atoms with Crippen LogP contribution in [-0.2, 0) is 4.79 Å². The summed E-state index contributed by atoms with van der Waals surface area (Å²) in [7, 11) is 0. The number of rotatable bonds is 6. The number of pyridine rings is 1. The Labute approximate surface area is 114 Å². The molecule has 0 saturated carbocycles. The highest BCUT2D eigenvalue weighted by atomic mass is 35.5. The van der Waals surface area contributed by atoms with E-state index in [1.54, 1.807) is 6.92 Å². The fourth-order valence-corrected chi connectivity index (χ4v) is 1.66. The van der Waals surface area contributed by atoms with Gasteiger partial charge in [0.05, 0.1) is 9.95 Å². The minimum absolute atomic E-state index is 0.0953. The SMILES string of the molecule is CC[C@H](C)[C@H](Nc1ncc(Cl)cc1[N+](=O)[O-])C(=O)O. The molecule has 0 aliphatic carbocycles. The summed E-state index contributed by atoms with van der Waals surface area (Å²) in [5.74, 6) is -1.38. The second-order valence-electron chi connectivity index (χ2n) is 4.12. The first-order chi connectivity index (χ1) is 8.86. The molecule has 0 amide bonds. The van der Waals surface area contributed by atoms with Crippen LogP contribution in [-0.4, -0.2) is 27.0 Å². The van der Waals surface area contributed by atoms with E-state index in [0.717, 1.165) is 6.07 Å². The van der Waals surface area contributed by atoms with Gasteiger partial charge < -0.3 is 10.4 Å². The summed E-state index contributed by atoms with van der Waals surface area (Å²) < 4.78 is 0. The molecule has 0 bridgehead atoms. The van der Waals surface area contributed by atoms with Gasteiger partial charge in [-0.2, -0.15) is 0 Å². The van der Waals surface area contributed by atoms with Gasteiger partial charge in [-0.1, -0.05) is 31.9 Å². The van der Waals surface area contributed by atoms with Crippen molar-refractivity contribution in [3.8, 4) is 0 Å². The van der Waals surface area contributed by atoms with Crippen molar-refractivity contribution in [2.75, 3.05) is 5.32 Å². The van der Waals surface area contributed by atoms with E-state index in [9.17, 15) is 14.9 Å². The van der Waals surface area contributed by atoms with E-state index in [1.807, 2.05) is 6.92 Å². The molecule has 1 rings (SSSR count). The van der Waals surface area contributed by atoms with Crippen LogP contribution in [0.1, 0.15) is 20.3 Å². The predicted molar refractivity (Wildman–Crippen MR) is 70.4 cm³/mol. The monoisotopic (exact) mass is 287 g/mol. The Hall–Kier alpha value is -1.89. The van der Waals surface area contributed by atoms with Crippen molar-refractivity contribution in [2.24, 2.45) is 5.92 Å². The third-order valence-corrected chi connectivity index (χ3v) is 3.01. The Balaban J connectivity index is 3.09. The number of aliphatic carboxylic acids is 1. The topological polar surface area (TPSA) is 105 Å². The molecule has 0 radical (unpaired) electrons. The summed E-state index contributed by atoms with van der Waals surface area (Å²) in [4.78, 5) is 25.2. The molecule has 7 nitrogen and oxygen atoms in total. The maximum atomic E-state index is 11.2. The standard InChI is InChI=1S/C11H14ClN3O4/c1-3-6(2)9(11(16)17)14-10-8(15(18)19)4-7(12)5-13-10/h4-6,9H,3H2,1-2H3,(H,13,14)(H,16,17)/t6-,9-/m0/s1. The van der Waals surface area contributed by atoms with Crippen LogP contribution in [0, 0.1) is 16.0 Å². The number of nitro groups is 1. The Bertz CT molecular complexity index is 495. The van der Waals surface area contributed by atoms with Gasteiger partial charge in [-0.25, -0.2) is 9.78 Å². The van der Waals surface area contributed by atoms with Crippen LogP contribution in [0.2, 0.25) is 5.02 Å². The van der Waals surface area contributed by atoms with Crippen molar-refractivity contribution >= 4 is 29.1 Å². The summed E-state index contributed by atoms with van der Waals surface area (Å²) >= 11 is 5.64. The van der Waals surface area contributed by atoms with Crippen molar-refractivity contribution < 1.29 is 14.8 Å². The Morgan fingerprint density at radius 1 is 1.68 bits per heavy atom. The first kappa shape index (κ1) is 15.2. The van der Waals surface area contributed by atoms with E-state index < -0.39 is 16.9 Å². The highest BCUT2D eigenvalue weighted by Gasteiger charge is 2.27. The third-order valence-electron chi connectivity index (χ3n) is 2.80. The van der Waals surface area contributed by atoms with Crippen molar-refractivity contribution in [1.82, 2.24) is 4.98 Å². The molecule has 8 heteroatoms. The smallest absolute Gasteiger partial charge is 0.326 e. The number of nitrogens with zero attached hydrogens (tertiary/aromatic N) is 2. The molecule has 0 fully saturated rings. The van der Waals surface area contributed by atoms with Crippen molar-refractivity contribution in [3.05, 3.63) is 27.4 Å². The molecular formula is C11H14ClN3O4. The summed E-state index contributed by atoms with van der Waals surface area (Å²) in [6, 6.07) is 0.184. The zero-order chi connectivity index (χ0) is 14.6. The zero-order valence-electron chi connectivity index (χ0n) is 10.5. The predicted octanol–water partition coefficient (Wildman–Crippen LogP) is 2.55. The fraction of sp³-hybridized carbons (Fsp3) is 0.455. The second-order valence-corrected chi connectivity index (χ2v) is 4.56. The molecule has 2 atom stereocenters. The number of carbonyl (C=O) groups is 1. The van der Waals surface area contributed by atoms with Crippen LogP contribution >= 0.6 is 11.6 Å². The third kappa shape index (κ3) is 3.78. The van der Waals surface area contributed by atoms with E-state index in [2.05, 4.69) is 10.3 Å². The quantitative estimate of drug-likeness (QED) is 0.615.